The van der Waals surface area contributed by atoms with Gasteiger partial charge in [-0.2, -0.15) is 0 Å². The quantitative estimate of drug-likeness (QED) is 0.653. The second-order valence-corrected chi connectivity index (χ2v) is 6.93. The third kappa shape index (κ3) is 6.23. The van der Waals surface area contributed by atoms with Crippen LogP contribution in [0.3, 0.4) is 0 Å². The fraction of sp³-hybridized carbons (Fsp3) is 0.909. The van der Waals surface area contributed by atoms with Crippen LogP contribution in [0.2, 0.25) is 0 Å². The van der Waals surface area contributed by atoms with Gasteiger partial charge in [0.05, 0.1) is 12.3 Å². The average molecular weight is 247 g/mol. The summed E-state index contributed by atoms with van der Waals surface area (Å²) in [6.07, 6.45) is 3.38. The molecule has 1 rings (SSSR count). The second-order valence-electron chi connectivity index (χ2n) is 4.45. The Morgan fingerprint density at radius 1 is 1.38 bits per heavy atom. The van der Waals surface area contributed by atoms with Gasteiger partial charge < -0.3 is 5.32 Å². The lowest BCUT2D eigenvalue weighted by atomic mass is 10.2. The van der Waals surface area contributed by atoms with Crippen molar-refractivity contribution in [3.63, 3.8) is 0 Å². The molecule has 0 heterocycles. The van der Waals surface area contributed by atoms with Crippen molar-refractivity contribution in [1.29, 1.82) is 0 Å². The Morgan fingerprint density at radius 3 is 2.62 bits per heavy atom. The predicted octanol–water partition coefficient (Wildman–Crippen LogP) is 0.770. The normalized spacial score (nSPS) is 16.3. The number of sulfone groups is 1. The molecule has 1 fully saturated rings. The first-order chi connectivity index (χ1) is 7.53. The van der Waals surface area contributed by atoms with Gasteiger partial charge in [-0.05, 0) is 31.7 Å². The maximum Gasteiger partial charge on any atom is 0.150 e. The highest BCUT2D eigenvalue weighted by atomic mass is 32.2. The van der Waals surface area contributed by atoms with Crippen LogP contribution < -0.4 is 5.32 Å². The largest absolute Gasteiger partial charge is 0.310 e. The number of carbonyl (C=O) groups is 1. The standard InChI is InChI=1S/C11H21NO3S/c1-2-16(14,15)7-3-4-11(13)9-12-8-10-5-6-10/h10,12H,2-9H2,1H3. The number of hydrogen-bond donors (Lipinski definition) is 1. The summed E-state index contributed by atoms with van der Waals surface area (Å²) in [6.45, 7) is 2.95. The van der Waals surface area contributed by atoms with Crippen LogP contribution in [0.5, 0.6) is 0 Å². The molecule has 1 saturated carbocycles. The molecule has 0 atom stereocenters. The van der Waals surface area contributed by atoms with Crippen molar-refractivity contribution < 1.29 is 13.2 Å². The van der Waals surface area contributed by atoms with Crippen LogP contribution in [0.1, 0.15) is 32.6 Å². The highest BCUT2D eigenvalue weighted by molar-refractivity contribution is 7.91. The van der Waals surface area contributed by atoms with Crippen LogP contribution >= 0.6 is 0 Å². The van der Waals surface area contributed by atoms with E-state index in [9.17, 15) is 13.2 Å². The molecule has 0 amide bonds. The number of nitrogens with one attached hydrogen (secondary N) is 1. The van der Waals surface area contributed by atoms with Gasteiger partial charge in [-0.25, -0.2) is 8.42 Å². The van der Waals surface area contributed by atoms with Crippen LogP contribution in [0.15, 0.2) is 0 Å². The predicted molar refractivity (Wildman–Crippen MR) is 64.2 cm³/mol. The van der Waals surface area contributed by atoms with Crippen molar-refractivity contribution in [2.24, 2.45) is 5.92 Å². The number of rotatable bonds is 9. The van der Waals surface area contributed by atoms with Crippen LogP contribution in [-0.4, -0.2) is 38.8 Å². The van der Waals surface area contributed by atoms with E-state index in [2.05, 4.69) is 5.32 Å². The number of Topliss-reactive ketones (excluding diaryl/α,β-unsaturated/α-hetero) is 1. The molecule has 0 bridgehead atoms. The van der Waals surface area contributed by atoms with E-state index in [1.165, 1.54) is 12.8 Å². The molecule has 0 spiro atoms. The molecule has 1 aliphatic rings. The molecule has 0 aromatic rings. The molecular weight excluding hydrogens is 226 g/mol. The molecule has 0 aliphatic heterocycles. The number of ketones is 1. The smallest absolute Gasteiger partial charge is 0.150 e. The van der Waals surface area contributed by atoms with Crippen molar-refractivity contribution in [3.8, 4) is 0 Å². The maximum atomic E-state index is 11.4. The fourth-order valence-electron chi connectivity index (χ4n) is 1.46. The molecule has 1 N–H and O–H groups in total. The van der Waals surface area contributed by atoms with Gasteiger partial charge in [-0.15, -0.1) is 0 Å². The van der Waals surface area contributed by atoms with Gasteiger partial charge in [0.1, 0.15) is 15.6 Å². The van der Waals surface area contributed by atoms with E-state index < -0.39 is 9.84 Å². The Morgan fingerprint density at radius 2 is 2.06 bits per heavy atom. The van der Waals surface area contributed by atoms with Crippen LogP contribution in [0, 0.1) is 5.92 Å². The molecule has 0 aromatic carbocycles. The highest BCUT2D eigenvalue weighted by Gasteiger charge is 2.20. The van der Waals surface area contributed by atoms with E-state index in [0.29, 0.717) is 19.4 Å². The minimum atomic E-state index is -2.91. The van der Waals surface area contributed by atoms with Crippen LogP contribution in [0.4, 0.5) is 0 Å². The third-order valence-corrected chi connectivity index (χ3v) is 4.59. The Bertz CT molecular complexity index is 320. The van der Waals surface area contributed by atoms with E-state index in [1.807, 2.05) is 0 Å². The summed E-state index contributed by atoms with van der Waals surface area (Å²) in [6, 6.07) is 0. The molecule has 0 saturated heterocycles. The number of hydrogen-bond acceptors (Lipinski definition) is 4. The van der Waals surface area contributed by atoms with E-state index in [4.69, 9.17) is 0 Å². The Kier molecular flexibility index (Phi) is 5.41. The van der Waals surface area contributed by atoms with E-state index in [1.54, 1.807) is 6.92 Å². The van der Waals surface area contributed by atoms with Gasteiger partial charge in [0.2, 0.25) is 0 Å². The Hall–Kier alpha value is -0.420. The monoisotopic (exact) mass is 247 g/mol. The van der Waals surface area contributed by atoms with Crippen molar-refractivity contribution >= 4 is 15.6 Å². The summed E-state index contributed by atoms with van der Waals surface area (Å²) in [4.78, 5) is 11.4. The lowest BCUT2D eigenvalue weighted by Crippen LogP contribution is -2.25. The zero-order valence-electron chi connectivity index (χ0n) is 9.87. The summed E-state index contributed by atoms with van der Waals surface area (Å²) in [5.74, 6) is 1.19. The molecule has 5 heteroatoms. The van der Waals surface area contributed by atoms with Gasteiger partial charge in [-0.3, -0.25) is 4.79 Å². The highest BCUT2D eigenvalue weighted by Crippen LogP contribution is 2.27. The van der Waals surface area contributed by atoms with E-state index >= 15 is 0 Å². The molecule has 16 heavy (non-hydrogen) atoms. The summed E-state index contributed by atoms with van der Waals surface area (Å²) in [7, 11) is -2.91. The molecule has 1 aliphatic carbocycles. The Balaban J connectivity index is 2.00. The van der Waals surface area contributed by atoms with Gasteiger partial charge >= 0.3 is 0 Å². The Labute approximate surface area is 97.7 Å². The number of carbonyl (C=O) groups excluding carboxylic acids is 1. The lowest BCUT2D eigenvalue weighted by molar-refractivity contribution is -0.118. The first kappa shape index (κ1) is 13.6. The molecule has 94 valence electrons. The topological polar surface area (TPSA) is 63.2 Å². The van der Waals surface area contributed by atoms with E-state index in [0.717, 1.165) is 12.5 Å². The van der Waals surface area contributed by atoms with Gasteiger partial charge in [0, 0.05) is 12.2 Å². The first-order valence-corrected chi connectivity index (χ1v) is 7.78. The van der Waals surface area contributed by atoms with Crippen LogP contribution in [0.25, 0.3) is 0 Å². The minimum absolute atomic E-state index is 0.118. The molecule has 0 aromatic heterocycles. The average Bonchev–Trinajstić information content (AvgIpc) is 3.01. The van der Waals surface area contributed by atoms with Crippen molar-refractivity contribution in [2.75, 3.05) is 24.6 Å². The zero-order chi connectivity index (χ0) is 12.0. The zero-order valence-corrected chi connectivity index (χ0v) is 10.7. The van der Waals surface area contributed by atoms with E-state index in [-0.39, 0.29) is 17.3 Å². The van der Waals surface area contributed by atoms with Crippen molar-refractivity contribution in [3.05, 3.63) is 0 Å². The van der Waals surface area contributed by atoms with Crippen LogP contribution in [-0.2, 0) is 14.6 Å². The van der Waals surface area contributed by atoms with Crippen molar-refractivity contribution in [2.45, 2.75) is 32.6 Å². The van der Waals surface area contributed by atoms with Gasteiger partial charge in [0.25, 0.3) is 0 Å². The maximum absolute atomic E-state index is 11.4. The lowest BCUT2D eigenvalue weighted by Gasteiger charge is -2.03. The molecule has 0 radical (unpaired) electrons. The van der Waals surface area contributed by atoms with Gasteiger partial charge in [0.15, 0.2) is 0 Å². The summed E-state index contributed by atoms with van der Waals surface area (Å²) < 4.78 is 22.3. The summed E-state index contributed by atoms with van der Waals surface area (Å²) in [5.41, 5.74) is 0. The minimum Gasteiger partial charge on any atom is -0.310 e. The molecule has 0 unspecified atom stereocenters. The fourth-order valence-corrected chi connectivity index (χ4v) is 2.33. The molecule has 4 nitrogen and oxygen atoms in total. The van der Waals surface area contributed by atoms with Crippen molar-refractivity contribution in [1.82, 2.24) is 5.32 Å². The molecular formula is C11H21NO3S. The SMILES string of the molecule is CCS(=O)(=O)CCCC(=O)CNCC1CC1. The second kappa shape index (κ2) is 6.35. The third-order valence-electron chi connectivity index (χ3n) is 2.80. The van der Waals surface area contributed by atoms with Gasteiger partial charge in [-0.1, -0.05) is 6.92 Å². The summed E-state index contributed by atoms with van der Waals surface area (Å²) in [5, 5.41) is 3.11. The summed E-state index contributed by atoms with van der Waals surface area (Å²) >= 11 is 0. The first-order valence-electron chi connectivity index (χ1n) is 5.96.